The molecule has 0 heterocycles. The van der Waals surface area contributed by atoms with Crippen molar-refractivity contribution in [1.29, 1.82) is 0 Å². The van der Waals surface area contributed by atoms with Crippen molar-refractivity contribution in [3.05, 3.63) is 11.6 Å². The summed E-state index contributed by atoms with van der Waals surface area (Å²) in [4.78, 5) is 0. The fraction of sp³-hybridized carbons (Fsp3) is 0.818. The van der Waals surface area contributed by atoms with Crippen LogP contribution in [-0.4, -0.2) is 10.7 Å². The first-order valence-electron chi connectivity index (χ1n) is 5.04. The van der Waals surface area contributed by atoms with E-state index >= 15 is 0 Å². The van der Waals surface area contributed by atoms with Gasteiger partial charge in [0.1, 0.15) is 0 Å². The van der Waals surface area contributed by atoms with E-state index in [-0.39, 0.29) is 5.60 Å². The van der Waals surface area contributed by atoms with Crippen molar-refractivity contribution in [3.8, 4) is 0 Å². The van der Waals surface area contributed by atoms with E-state index in [4.69, 9.17) is 0 Å². The minimum atomic E-state index is -0.351. The van der Waals surface area contributed by atoms with Crippen LogP contribution in [0.25, 0.3) is 0 Å². The third kappa shape index (κ3) is 2.63. The molecule has 0 amide bonds. The lowest BCUT2D eigenvalue weighted by molar-refractivity contribution is 0.0481. The van der Waals surface area contributed by atoms with E-state index in [0.29, 0.717) is 0 Å². The van der Waals surface area contributed by atoms with Crippen molar-refractivity contribution in [3.63, 3.8) is 0 Å². The zero-order valence-corrected chi connectivity index (χ0v) is 8.27. The summed E-state index contributed by atoms with van der Waals surface area (Å²) in [6, 6.07) is 0. The van der Waals surface area contributed by atoms with E-state index in [0.717, 1.165) is 25.7 Å². The van der Waals surface area contributed by atoms with Crippen LogP contribution >= 0.6 is 0 Å². The zero-order valence-electron chi connectivity index (χ0n) is 8.27. The lowest BCUT2D eigenvalue weighted by Crippen LogP contribution is -2.23. The molecule has 0 aliphatic heterocycles. The van der Waals surface area contributed by atoms with E-state index in [1.165, 1.54) is 18.4 Å². The molecule has 0 aromatic rings. The van der Waals surface area contributed by atoms with Crippen molar-refractivity contribution < 1.29 is 5.11 Å². The average Bonchev–Trinajstić information content (AvgIpc) is 2.36. The molecular weight excluding hydrogens is 148 g/mol. The lowest BCUT2D eigenvalue weighted by atomic mass is 9.93. The van der Waals surface area contributed by atoms with E-state index in [9.17, 15) is 5.11 Å². The normalized spacial score (nSPS) is 23.1. The summed E-state index contributed by atoms with van der Waals surface area (Å²) in [6.45, 7) is 4.27. The summed E-state index contributed by atoms with van der Waals surface area (Å²) in [6.07, 6.45) is 8.61. The number of rotatable bonds is 3. The molecule has 0 aromatic carbocycles. The molecule has 1 saturated carbocycles. The maximum atomic E-state index is 10.0. The van der Waals surface area contributed by atoms with Crippen molar-refractivity contribution in [2.75, 3.05) is 0 Å². The number of aliphatic hydroxyl groups is 1. The van der Waals surface area contributed by atoms with Crippen LogP contribution in [0.1, 0.15) is 52.4 Å². The molecule has 0 spiro atoms. The van der Waals surface area contributed by atoms with Gasteiger partial charge in [-0.25, -0.2) is 0 Å². The van der Waals surface area contributed by atoms with Gasteiger partial charge in [-0.3, -0.25) is 0 Å². The zero-order chi connectivity index (χ0) is 9.03. The smallest absolute Gasteiger partial charge is 0.0684 e. The molecule has 1 heteroatoms. The lowest BCUT2D eigenvalue weighted by Gasteiger charge is -2.22. The van der Waals surface area contributed by atoms with Crippen LogP contribution in [0.2, 0.25) is 0 Å². The topological polar surface area (TPSA) is 20.2 Å². The molecule has 0 radical (unpaired) electrons. The second-order valence-corrected chi connectivity index (χ2v) is 4.07. The minimum absolute atomic E-state index is 0.351. The Hall–Kier alpha value is -0.300. The first-order chi connectivity index (χ1) is 5.66. The standard InChI is InChI=1S/C11H20O/c1-3-6-10(2)9-11(12)7-4-5-8-11/h6,12H,3-5,7-9H2,1-2H3. The van der Waals surface area contributed by atoms with Crippen LogP contribution in [-0.2, 0) is 0 Å². The Kier molecular flexibility index (Phi) is 3.33. The predicted octanol–water partition coefficient (Wildman–Crippen LogP) is 3.04. The molecule has 12 heavy (non-hydrogen) atoms. The molecule has 1 aliphatic carbocycles. The van der Waals surface area contributed by atoms with Crippen LogP contribution in [0, 0.1) is 0 Å². The van der Waals surface area contributed by atoms with Gasteiger partial charge in [-0.05, 0) is 32.6 Å². The van der Waals surface area contributed by atoms with Crippen molar-refractivity contribution in [2.24, 2.45) is 0 Å². The Balaban J connectivity index is 2.43. The first-order valence-corrected chi connectivity index (χ1v) is 5.04. The Morgan fingerprint density at radius 3 is 2.50 bits per heavy atom. The summed E-state index contributed by atoms with van der Waals surface area (Å²) < 4.78 is 0. The summed E-state index contributed by atoms with van der Waals surface area (Å²) in [7, 11) is 0. The van der Waals surface area contributed by atoms with Crippen LogP contribution in [0.3, 0.4) is 0 Å². The van der Waals surface area contributed by atoms with Crippen LogP contribution in [0.4, 0.5) is 0 Å². The Morgan fingerprint density at radius 2 is 2.00 bits per heavy atom. The van der Waals surface area contributed by atoms with E-state index in [2.05, 4.69) is 19.9 Å². The van der Waals surface area contributed by atoms with Gasteiger partial charge in [0, 0.05) is 0 Å². The van der Waals surface area contributed by atoms with E-state index in [1.807, 2.05) is 0 Å². The summed E-state index contributed by atoms with van der Waals surface area (Å²) >= 11 is 0. The second kappa shape index (κ2) is 4.08. The van der Waals surface area contributed by atoms with E-state index in [1.54, 1.807) is 0 Å². The Labute approximate surface area is 75.5 Å². The summed E-state index contributed by atoms with van der Waals surface area (Å²) in [5, 5.41) is 10.0. The van der Waals surface area contributed by atoms with Crippen molar-refractivity contribution >= 4 is 0 Å². The highest BCUT2D eigenvalue weighted by Gasteiger charge is 2.30. The van der Waals surface area contributed by atoms with Gasteiger partial charge in [0.2, 0.25) is 0 Å². The molecule has 0 aromatic heterocycles. The first kappa shape index (κ1) is 9.79. The third-order valence-corrected chi connectivity index (χ3v) is 2.69. The molecule has 1 rings (SSSR count). The fourth-order valence-electron chi connectivity index (χ4n) is 2.15. The van der Waals surface area contributed by atoms with Gasteiger partial charge in [0.15, 0.2) is 0 Å². The van der Waals surface area contributed by atoms with Crippen molar-refractivity contribution in [1.82, 2.24) is 0 Å². The Bertz CT molecular complexity index is 164. The van der Waals surface area contributed by atoms with Gasteiger partial charge in [0.05, 0.1) is 5.60 Å². The minimum Gasteiger partial charge on any atom is -0.390 e. The molecule has 70 valence electrons. The van der Waals surface area contributed by atoms with Gasteiger partial charge >= 0.3 is 0 Å². The molecule has 0 saturated heterocycles. The molecule has 0 bridgehead atoms. The molecular formula is C11H20O. The number of hydrogen-bond acceptors (Lipinski definition) is 1. The molecule has 0 atom stereocenters. The average molecular weight is 168 g/mol. The Morgan fingerprint density at radius 1 is 1.42 bits per heavy atom. The van der Waals surface area contributed by atoms with Crippen LogP contribution in [0.5, 0.6) is 0 Å². The van der Waals surface area contributed by atoms with Crippen molar-refractivity contribution in [2.45, 2.75) is 58.0 Å². The number of hydrogen-bond donors (Lipinski definition) is 1. The maximum Gasteiger partial charge on any atom is 0.0684 e. The highest BCUT2D eigenvalue weighted by atomic mass is 16.3. The maximum absolute atomic E-state index is 10.0. The van der Waals surface area contributed by atoms with Gasteiger partial charge < -0.3 is 5.11 Å². The summed E-state index contributed by atoms with van der Waals surface area (Å²) in [5.74, 6) is 0. The van der Waals surface area contributed by atoms with Gasteiger partial charge in [-0.15, -0.1) is 0 Å². The highest BCUT2D eigenvalue weighted by molar-refractivity contribution is 5.04. The molecule has 1 nitrogen and oxygen atoms in total. The third-order valence-electron chi connectivity index (χ3n) is 2.69. The van der Waals surface area contributed by atoms with Crippen LogP contribution < -0.4 is 0 Å². The van der Waals surface area contributed by atoms with Gasteiger partial charge in [0.25, 0.3) is 0 Å². The van der Waals surface area contributed by atoms with E-state index < -0.39 is 0 Å². The molecule has 1 N–H and O–H groups in total. The van der Waals surface area contributed by atoms with Crippen LogP contribution in [0.15, 0.2) is 11.6 Å². The highest BCUT2D eigenvalue weighted by Crippen LogP contribution is 2.34. The SMILES string of the molecule is CCC=C(C)CC1(O)CCCC1. The second-order valence-electron chi connectivity index (χ2n) is 4.07. The predicted molar refractivity (Wildman–Crippen MR) is 52.1 cm³/mol. The number of allylic oxidation sites excluding steroid dienone is 1. The summed E-state index contributed by atoms with van der Waals surface area (Å²) in [5.41, 5.74) is 0.998. The quantitative estimate of drug-likeness (QED) is 0.642. The molecule has 1 fully saturated rings. The van der Waals surface area contributed by atoms with Gasteiger partial charge in [-0.1, -0.05) is 31.4 Å². The molecule has 1 aliphatic rings. The largest absolute Gasteiger partial charge is 0.390 e. The monoisotopic (exact) mass is 168 g/mol. The molecule has 0 unspecified atom stereocenters. The fourth-order valence-corrected chi connectivity index (χ4v) is 2.15. The van der Waals surface area contributed by atoms with Gasteiger partial charge in [-0.2, -0.15) is 0 Å².